The lowest BCUT2D eigenvalue weighted by atomic mass is 10.4. The van der Waals surface area contributed by atoms with Gasteiger partial charge in [0.15, 0.2) is 0 Å². The van der Waals surface area contributed by atoms with Gasteiger partial charge in [-0.25, -0.2) is 4.99 Å². The van der Waals surface area contributed by atoms with E-state index in [2.05, 4.69) is 27.5 Å². The number of aliphatic imine (C=N–C) groups is 1. The molecule has 1 amide bonds. The summed E-state index contributed by atoms with van der Waals surface area (Å²) < 4.78 is 0. The van der Waals surface area contributed by atoms with Crippen molar-refractivity contribution in [1.29, 1.82) is 0 Å². The Balaban J connectivity index is 3.57. The van der Waals surface area contributed by atoms with Crippen molar-refractivity contribution in [2.45, 2.75) is 19.9 Å². The molecular formula is C5H11N3O3S. The Morgan fingerprint density at radius 3 is 2.67 bits per heavy atom. The molecule has 6 nitrogen and oxygen atoms in total. The largest absolute Gasteiger partial charge is 0.351 e. The number of hydroxylamine groups is 1. The maximum atomic E-state index is 10.1. The maximum Gasteiger partial charge on any atom is 0.322 e. The number of amides is 1. The molecule has 7 heteroatoms. The van der Waals surface area contributed by atoms with Gasteiger partial charge >= 0.3 is 11.3 Å². The minimum atomic E-state index is -0.688. The molecule has 12 heavy (non-hydrogen) atoms. The second-order valence-corrected chi connectivity index (χ2v) is 2.54. The van der Waals surface area contributed by atoms with E-state index in [4.69, 9.17) is 5.73 Å². The predicted octanol–water partition coefficient (Wildman–Crippen LogP) is 0.212. The molecule has 0 aliphatic heterocycles. The van der Waals surface area contributed by atoms with Crippen molar-refractivity contribution in [3.63, 3.8) is 0 Å². The number of nitrogens with two attached hydrogens (primary N) is 1. The highest BCUT2D eigenvalue weighted by molar-refractivity contribution is 7.96. The van der Waals surface area contributed by atoms with E-state index in [0.717, 1.165) is 0 Å². The van der Waals surface area contributed by atoms with Gasteiger partial charge in [-0.15, -0.1) is 0 Å². The quantitative estimate of drug-likeness (QED) is 0.197. The summed E-state index contributed by atoms with van der Waals surface area (Å²) in [6.45, 7) is 3.63. The van der Waals surface area contributed by atoms with Crippen molar-refractivity contribution in [2.75, 3.05) is 0 Å². The first kappa shape index (κ1) is 11.1. The third-order valence-corrected chi connectivity index (χ3v) is 0.733. The van der Waals surface area contributed by atoms with Crippen LogP contribution in [0.2, 0.25) is 0 Å². The van der Waals surface area contributed by atoms with Crippen molar-refractivity contribution in [2.24, 2.45) is 10.7 Å². The summed E-state index contributed by atoms with van der Waals surface area (Å²) in [6, 6.07) is -0.160. The fourth-order valence-electron chi connectivity index (χ4n) is 0.375. The summed E-state index contributed by atoms with van der Waals surface area (Å²) >= 11 is 3.33. The highest BCUT2D eigenvalue weighted by Crippen LogP contribution is 1.86. The van der Waals surface area contributed by atoms with E-state index in [9.17, 15) is 4.79 Å². The lowest BCUT2D eigenvalue weighted by Crippen LogP contribution is -2.25. The van der Waals surface area contributed by atoms with Gasteiger partial charge in [0.05, 0.1) is 0 Å². The Kier molecular flexibility index (Phi) is 5.22. The number of thiol groups is 1. The second-order valence-electron chi connectivity index (χ2n) is 2.13. The SMILES string of the molecule is CC(C)N=C(N)OONC(=O)S. The van der Waals surface area contributed by atoms with Gasteiger partial charge in [-0.1, -0.05) is 17.6 Å². The Hall–Kier alpha value is -0.950. The van der Waals surface area contributed by atoms with E-state index in [1.165, 1.54) is 0 Å². The van der Waals surface area contributed by atoms with Gasteiger partial charge in [0.1, 0.15) is 0 Å². The number of hydrogen-bond acceptors (Lipinski definition) is 4. The van der Waals surface area contributed by atoms with E-state index in [1.807, 2.05) is 13.8 Å². The maximum absolute atomic E-state index is 10.1. The van der Waals surface area contributed by atoms with Crippen molar-refractivity contribution in [3.05, 3.63) is 0 Å². The lowest BCUT2D eigenvalue weighted by molar-refractivity contribution is -0.256. The molecule has 70 valence electrons. The summed E-state index contributed by atoms with van der Waals surface area (Å²) in [5.41, 5.74) is 6.98. The first-order valence-electron chi connectivity index (χ1n) is 3.18. The topological polar surface area (TPSA) is 85.9 Å². The van der Waals surface area contributed by atoms with Gasteiger partial charge in [-0.05, 0) is 13.8 Å². The zero-order valence-corrected chi connectivity index (χ0v) is 7.67. The summed E-state index contributed by atoms with van der Waals surface area (Å²) in [4.78, 5) is 22.3. The van der Waals surface area contributed by atoms with E-state index in [-0.39, 0.29) is 12.1 Å². The molecule has 0 aliphatic rings. The van der Waals surface area contributed by atoms with Crippen LogP contribution in [-0.2, 0) is 9.88 Å². The van der Waals surface area contributed by atoms with E-state index in [0.29, 0.717) is 0 Å². The zero-order chi connectivity index (χ0) is 9.56. The van der Waals surface area contributed by atoms with Crippen LogP contribution in [0.3, 0.4) is 0 Å². The second kappa shape index (κ2) is 5.67. The summed E-state index contributed by atoms with van der Waals surface area (Å²) in [7, 11) is 0. The molecule has 0 atom stereocenters. The Morgan fingerprint density at radius 1 is 1.67 bits per heavy atom. The Morgan fingerprint density at radius 2 is 2.25 bits per heavy atom. The van der Waals surface area contributed by atoms with Crippen LogP contribution >= 0.6 is 12.6 Å². The number of nitrogens with one attached hydrogen (secondary N) is 1. The predicted molar refractivity (Wildman–Crippen MR) is 46.4 cm³/mol. The molecule has 0 saturated carbocycles. The molecule has 0 saturated heterocycles. The molecule has 0 aromatic rings. The van der Waals surface area contributed by atoms with Crippen molar-refractivity contribution in [3.8, 4) is 0 Å². The normalized spacial score (nSPS) is 11.5. The van der Waals surface area contributed by atoms with Gasteiger partial charge in [0.2, 0.25) is 0 Å². The van der Waals surface area contributed by atoms with Crippen LogP contribution in [0.1, 0.15) is 13.8 Å². The zero-order valence-electron chi connectivity index (χ0n) is 6.77. The fraction of sp³-hybridized carbons (Fsp3) is 0.600. The first-order chi connectivity index (χ1) is 5.52. The van der Waals surface area contributed by atoms with E-state index < -0.39 is 5.24 Å². The molecule has 3 N–H and O–H groups in total. The van der Waals surface area contributed by atoms with Crippen LogP contribution < -0.4 is 11.2 Å². The number of carbonyl (C=O) groups excluding carboxylic acids is 1. The smallest absolute Gasteiger partial charge is 0.322 e. The van der Waals surface area contributed by atoms with E-state index >= 15 is 0 Å². The number of rotatable bonds is 3. The standard InChI is InChI=1S/C5H11N3O3S/c1-3(2)7-4(6)10-11-8-5(9)12/h3H,1-2H3,(H2,6,7)(H2,8,9,12). The third-order valence-electron chi connectivity index (χ3n) is 0.641. The molecule has 0 spiro atoms. The molecule has 0 fully saturated rings. The van der Waals surface area contributed by atoms with Crippen LogP contribution in [0.25, 0.3) is 0 Å². The average Bonchev–Trinajstić information content (AvgIpc) is 1.84. The minimum absolute atomic E-state index is 0.000281. The molecule has 0 aromatic carbocycles. The van der Waals surface area contributed by atoms with Crippen molar-refractivity contribution in [1.82, 2.24) is 5.48 Å². The van der Waals surface area contributed by atoms with Gasteiger partial charge in [-0.2, -0.15) is 5.48 Å². The summed E-state index contributed by atoms with van der Waals surface area (Å²) in [6.07, 6.45) is 0. The first-order valence-corrected chi connectivity index (χ1v) is 3.63. The summed E-state index contributed by atoms with van der Waals surface area (Å²) in [5, 5.41) is -0.688. The number of amidine groups is 1. The van der Waals surface area contributed by atoms with Gasteiger partial charge in [0.25, 0.3) is 0 Å². The number of hydrogen-bond donors (Lipinski definition) is 3. The minimum Gasteiger partial charge on any atom is -0.351 e. The molecule has 0 rings (SSSR count). The average molecular weight is 193 g/mol. The fourth-order valence-corrected chi connectivity index (χ4v) is 0.412. The monoisotopic (exact) mass is 193 g/mol. The van der Waals surface area contributed by atoms with Gasteiger partial charge in [0, 0.05) is 6.04 Å². The highest BCUT2D eigenvalue weighted by Gasteiger charge is 1.97. The molecule has 0 aromatic heterocycles. The third kappa shape index (κ3) is 7.16. The van der Waals surface area contributed by atoms with Gasteiger partial charge < -0.3 is 5.73 Å². The lowest BCUT2D eigenvalue weighted by Gasteiger charge is -2.02. The highest BCUT2D eigenvalue weighted by atomic mass is 32.1. The van der Waals surface area contributed by atoms with Crippen LogP contribution in [-0.4, -0.2) is 17.3 Å². The van der Waals surface area contributed by atoms with E-state index in [1.54, 1.807) is 5.48 Å². The number of nitrogens with zero attached hydrogens (tertiary/aromatic N) is 1. The van der Waals surface area contributed by atoms with Crippen molar-refractivity contribution >= 4 is 23.9 Å². The van der Waals surface area contributed by atoms with Crippen LogP contribution in [0.4, 0.5) is 4.79 Å². The molecule has 0 radical (unpaired) electrons. The molecule has 0 heterocycles. The Labute approximate surface area is 75.4 Å². The van der Waals surface area contributed by atoms with Crippen LogP contribution in [0, 0.1) is 0 Å². The Bertz CT molecular complexity index is 183. The van der Waals surface area contributed by atoms with Crippen LogP contribution in [0.5, 0.6) is 0 Å². The van der Waals surface area contributed by atoms with Crippen LogP contribution in [0.15, 0.2) is 4.99 Å². The molecule has 0 unspecified atom stereocenters. The molecular weight excluding hydrogens is 182 g/mol. The number of carbonyl (C=O) groups is 1. The molecule has 0 aliphatic carbocycles. The summed E-state index contributed by atoms with van der Waals surface area (Å²) in [5.74, 6) is 0. The van der Waals surface area contributed by atoms with Gasteiger partial charge in [-0.3, -0.25) is 9.68 Å². The van der Waals surface area contributed by atoms with Crippen molar-refractivity contribution < 1.29 is 14.7 Å². The molecule has 0 bridgehead atoms.